The molecule has 2 N–H and O–H groups in total. The summed E-state index contributed by atoms with van der Waals surface area (Å²) in [5, 5.41) is 8.43. The van der Waals surface area contributed by atoms with E-state index in [-0.39, 0.29) is 24.3 Å². The van der Waals surface area contributed by atoms with Crippen molar-refractivity contribution in [1.29, 1.82) is 0 Å². The van der Waals surface area contributed by atoms with E-state index in [4.69, 9.17) is 0 Å². The van der Waals surface area contributed by atoms with E-state index in [1.807, 2.05) is 25.1 Å². The summed E-state index contributed by atoms with van der Waals surface area (Å²) in [5.74, 6) is -0.247. The molecule has 1 amide bonds. The van der Waals surface area contributed by atoms with Gasteiger partial charge in [-0.25, -0.2) is 0 Å². The Morgan fingerprint density at radius 1 is 0.923 bits per heavy atom. The van der Waals surface area contributed by atoms with Crippen LogP contribution in [-0.2, 0) is 4.79 Å². The van der Waals surface area contributed by atoms with Gasteiger partial charge >= 0.3 is 0 Å². The van der Waals surface area contributed by atoms with Gasteiger partial charge in [0.05, 0.1) is 12.2 Å². The minimum atomic E-state index is -0.175. The van der Waals surface area contributed by atoms with Gasteiger partial charge in [-0.15, -0.1) is 0 Å². The smallest absolute Gasteiger partial charge is 0.238 e. The lowest BCUT2D eigenvalue weighted by atomic mass is 10.00. The monoisotopic (exact) mass is 346 g/mol. The number of fused-ring (bicyclic) bond motifs is 1. The maximum Gasteiger partial charge on any atom is 0.238 e. The molecule has 4 nitrogen and oxygen atoms in total. The lowest BCUT2D eigenvalue weighted by Gasteiger charge is -2.17. The first kappa shape index (κ1) is 17.8. The van der Waals surface area contributed by atoms with E-state index in [9.17, 15) is 9.59 Å². The van der Waals surface area contributed by atoms with Crippen LogP contribution in [0.15, 0.2) is 66.7 Å². The van der Waals surface area contributed by atoms with Crippen molar-refractivity contribution in [2.45, 2.75) is 19.9 Å². The molecule has 0 bridgehead atoms. The van der Waals surface area contributed by atoms with Crippen molar-refractivity contribution in [1.82, 2.24) is 5.32 Å². The molecule has 0 fully saturated rings. The Labute approximate surface area is 153 Å². The molecule has 132 valence electrons. The Hall–Kier alpha value is -2.98. The largest absolute Gasteiger partial charge is 0.324 e. The summed E-state index contributed by atoms with van der Waals surface area (Å²) in [7, 11) is 0. The molecule has 3 aromatic carbocycles. The van der Waals surface area contributed by atoms with Crippen LogP contribution < -0.4 is 10.6 Å². The number of carbonyl (C=O) groups is 2. The summed E-state index contributed by atoms with van der Waals surface area (Å²) in [4.78, 5) is 24.0. The van der Waals surface area contributed by atoms with Crippen molar-refractivity contribution >= 4 is 28.2 Å². The van der Waals surface area contributed by atoms with Crippen LogP contribution in [0, 0.1) is 0 Å². The van der Waals surface area contributed by atoms with E-state index in [2.05, 4.69) is 34.9 Å². The SMILES string of the molecule is CC(=O)c1ccccc1NC(=O)CN[C@@H](C)c1cccc2ccccc12. The average molecular weight is 346 g/mol. The maximum atomic E-state index is 12.3. The molecular formula is C22H22N2O2. The van der Waals surface area contributed by atoms with E-state index in [1.165, 1.54) is 17.7 Å². The fraction of sp³-hybridized carbons (Fsp3) is 0.182. The highest BCUT2D eigenvalue weighted by atomic mass is 16.2. The number of rotatable bonds is 6. The highest BCUT2D eigenvalue weighted by molar-refractivity contribution is 6.04. The zero-order valence-corrected chi connectivity index (χ0v) is 15.0. The fourth-order valence-electron chi connectivity index (χ4n) is 3.08. The highest BCUT2D eigenvalue weighted by Gasteiger charge is 2.12. The molecule has 0 radical (unpaired) electrons. The van der Waals surface area contributed by atoms with Gasteiger partial charge in [0.25, 0.3) is 0 Å². The molecule has 26 heavy (non-hydrogen) atoms. The number of benzene rings is 3. The molecule has 0 aliphatic rings. The summed E-state index contributed by atoms with van der Waals surface area (Å²) < 4.78 is 0. The zero-order chi connectivity index (χ0) is 18.5. The average Bonchev–Trinajstić information content (AvgIpc) is 2.66. The van der Waals surface area contributed by atoms with Gasteiger partial charge in [0.15, 0.2) is 5.78 Å². The van der Waals surface area contributed by atoms with Gasteiger partial charge in [-0.3, -0.25) is 9.59 Å². The van der Waals surface area contributed by atoms with Crippen molar-refractivity contribution in [3.63, 3.8) is 0 Å². The third-order valence-electron chi connectivity index (χ3n) is 4.44. The van der Waals surface area contributed by atoms with Gasteiger partial charge in [0.1, 0.15) is 0 Å². The molecular weight excluding hydrogens is 324 g/mol. The van der Waals surface area contributed by atoms with E-state index in [0.29, 0.717) is 11.3 Å². The summed E-state index contributed by atoms with van der Waals surface area (Å²) >= 11 is 0. The van der Waals surface area contributed by atoms with Gasteiger partial charge in [-0.1, -0.05) is 54.6 Å². The Morgan fingerprint density at radius 3 is 2.42 bits per heavy atom. The van der Waals surface area contributed by atoms with E-state index in [0.717, 1.165) is 5.56 Å². The van der Waals surface area contributed by atoms with Gasteiger partial charge < -0.3 is 10.6 Å². The van der Waals surface area contributed by atoms with Crippen molar-refractivity contribution in [3.8, 4) is 0 Å². The lowest BCUT2D eigenvalue weighted by Crippen LogP contribution is -2.30. The Kier molecular flexibility index (Phi) is 5.44. The van der Waals surface area contributed by atoms with Gasteiger partial charge in [-0.2, -0.15) is 0 Å². The first-order valence-corrected chi connectivity index (χ1v) is 8.67. The molecule has 1 atom stereocenters. The predicted molar refractivity (Wildman–Crippen MR) is 105 cm³/mol. The van der Waals surface area contributed by atoms with Crippen molar-refractivity contribution in [3.05, 3.63) is 77.9 Å². The topological polar surface area (TPSA) is 58.2 Å². The number of ketones is 1. The molecule has 4 heteroatoms. The molecule has 0 heterocycles. The lowest BCUT2D eigenvalue weighted by molar-refractivity contribution is -0.115. The van der Waals surface area contributed by atoms with Crippen LogP contribution in [0.25, 0.3) is 10.8 Å². The van der Waals surface area contributed by atoms with E-state index in [1.54, 1.807) is 24.3 Å². The second-order valence-electron chi connectivity index (χ2n) is 6.32. The first-order chi connectivity index (χ1) is 12.6. The third-order valence-corrected chi connectivity index (χ3v) is 4.44. The van der Waals surface area contributed by atoms with Gasteiger partial charge in [-0.05, 0) is 42.3 Å². The number of hydrogen-bond acceptors (Lipinski definition) is 3. The summed E-state index contributed by atoms with van der Waals surface area (Å²) in [6.45, 7) is 3.70. The van der Waals surface area contributed by atoms with Crippen LogP contribution in [0.2, 0.25) is 0 Å². The number of amides is 1. The first-order valence-electron chi connectivity index (χ1n) is 8.67. The third kappa shape index (κ3) is 3.98. The number of carbonyl (C=O) groups excluding carboxylic acids is 2. The Balaban J connectivity index is 1.67. The number of para-hydroxylation sites is 1. The number of anilines is 1. The van der Waals surface area contributed by atoms with Crippen LogP contribution in [0.5, 0.6) is 0 Å². The van der Waals surface area contributed by atoms with E-state index < -0.39 is 0 Å². The molecule has 0 saturated carbocycles. The minimum Gasteiger partial charge on any atom is -0.324 e. The predicted octanol–water partition coefficient (Wildman–Crippen LogP) is 4.33. The quantitative estimate of drug-likeness (QED) is 0.653. The highest BCUT2D eigenvalue weighted by Crippen LogP contribution is 2.24. The molecule has 3 rings (SSSR count). The second-order valence-corrected chi connectivity index (χ2v) is 6.32. The van der Waals surface area contributed by atoms with Crippen LogP contribution in [0.3, 0.4) is 0 Å². The standard InChI is InChI=1S/C22H22N2O2/c1-15(18-12-7-9-17-8-3-4-11-20(17)18)23-14-22(26)24-21-13-6-5-10-19(21)16(2)25/h3-13,15,23H,14H2,1-2H3,(H,24,26)/t15-/m0/s1. The van der Waals surface area contributed by atoms with Crippen molar-refractivity contribution < 1.29 is 9.59 Å². The van der Waals surface area contributed by atoms with Crippen molar-refractivity contribution in [2.24, 2.45) is 0 Å². The zero-order valence-electron chi connectivity index (χ0n) is 15.0. The second kappa shape index (κ2) is 7.93. The van der Waals surface area contributed by atoms with Crippen LogP contribution in [-0.4, -0.2) is 18.2 Å². The van der Waals surface area contributed by atoms with Crippen LogP contribution in [0.4, 0.5) is 5.69 Å². The molecule has 0 spiro atoms. The summed E-state index contributed by atoms with van der Waals surface area (Å²) in [6.07, 6.45) is 0. The molecule has 0 aliphatic heterocycles. The fourth-order valence-corrected chi connectivity index (χ4v) is 3.08. The van der Waals surface area contributed by atoms with E-state index >= 15 is 0 Å². The summed E-state index contributed by atoms with van der Waals surface area (Å²) in [5.41, 5.74) is 2.22. The van der Waals surface area contributed by atoms with Crippen LogP contribution >= 0.6 is 0 Å². The summed E-state index contributed by atoms with van der Waals surface area (Å²) in [6, 6.07) is 21.4. The van der Waals surface area contributed by atoms with Crippen LogP contribution in [0.1, 0.15) is 35.8 Å². The Bertz CT molecular complexity index is 944. The number of hydrogen-bond donors (Lipinski definition) is 2. The number of Topliss-reactive ketones (excluding diaryl/α,β-unsaturated/α-hetero) is 1. The molecule has 3 aromatic rings. The Morgan fingerprint density at radius 2 is 1.62 bits per heavy atom. The maximum absolute atomic E-state index is 12.3. The minimum absolute atomic E-state index is 0.0231. The molecule has 0 aromatic heterocycles. The molecule has 0 unspecified atom stereocenters. The van der Waals surface area contributed by atoms with Gasteiger partial charge in [0, 0.05) is 11.6 Å². The van der Waals surface area contributed by atoms with Gasteiger partial charge in [0.2, 0.25) is 5.91 Å². The normalized spacial score (nSPS) is 11.9. The number of nitrogens with one attached hydrogen (secondary N) is 2. The molecule has 0 saturated heterocycles. The van der Waals surface area contributed by atoms with Crippen molar-refractivity contribution in [2.75, 3.05) is 11.9 Å². The molecule has 0 aliphatic carbocycles.